The lowest BCUT2D eigenvalue weighted by molar-refractivity contribution is -0.385. The van der Waals surface area contributed by atoms with Gasteiger partial charge in [0.05, 0.1) is 11.0 Å². The third kappa shape index (κ3) is 2.50. The summed E-state index contributed by atoms with van der Waals surface area (Å²) in [5.74, 6) is -0.579. The molecule has 0 aromatic heterocycles. The van der Waals surface area contributed by atoms with E-state index in [9.17, 15) is 14.5 Å². The summed E-state index contributed by atoms with van der Waals surface area (Å²) < 4.78 is 12.7. The van der Waals surface area contributed by atoms with Crippen LogP contribution in [0.25, 0.3) is 0 Å². The van der Waals surface area contributed by atoms with Crippen LogP contribution in [-0.2, 0) is 6.42 Å². The molecule has 0 heterocycles. The zero-order chi connectivity index (χ0) is 10.6. The fraction of sp³-hybridized carbons (Fsp3) is 0.333. The van der Waals surface area contributed by atoms with Crippen molar-refractivity contribution in [2.75, 3.05) is 13.6 Å². The van der Waals surface area contributed by atoms with Gasteiger partial charge >= 0.3 is 0 Å². The molecule has 1 rings (SSSR count). The van der Waals surface area contributed by atoms with Crippen molar-refractivity contribution in [2.24, 2.45) is 0 Å². The van der Waals surface area contributed by atoms with Gasteiger partial charge in [0.15, 0.2) is 0 Å². The molecule has 0 fully saturated rings. The van der Waals surface area contributed by atoms with E-state index in [4.69, 9.17) is 0 Å². The van der Waals surface area contributed by atoms with Crippen LogP contribution >= 0.6 is 0 Å². The Labute approximate surface area is 80.9 Å². The summed E-state index contributed by atoms with van der Waals surface area (Å²) in [4.78, 5) is 9.99. The summed E-state index contributed by atoms with van der Waals surface area (Å²) >= 11 is 0. The van der Waals surface area contributed by atoms with Gasteiger partial charge in [0.2, 0.25) is 0 Å². The average Bonchev–Trinajstić information content (AvgIpc) is 2.15. The molecule has 4 nitrogen and oxygen atoms in total. The number of nitrogens with one attached hydrogen (secondary N) is 1. The minimum atomic E-state index is -0.579. The minimum absolute atomic E-state index is 0.153. The number of hydrogen-bond acceptors (Lipinski definition) is 3. The number of benzene rings is 1. The van der Waals surface area contributed by atoms with E-state index in [0.29, 0.717) is 18.5 Å². The van der Waals surface area contributed by atoms with Gasteiger partial charge in [-0.2, -0.15) is 0 Å². The van der Waals surface area contributed by atoms with Crippen molar-refractivity contribution in [3.8, 4) is 0 Å². The van der Waals surface area contributed by atoms with Crippen molar-refractivity contribution >= 4 is 5.69 Å². The first kappa shape index (κ1) is 10.6. The minimum Gasteiger partial charge on any atom is -0.319 e. The summed E-state index contributed by atoms with van der Waals surface area (Å²) in [5, 5.41) is 13.4. The average molecular weight is 198 g/mol. The van der Waals surface area contributed by atoms with Crippen molar-refractivity contribution in [3.63, 3.8) is 0 Å². The van der Waals surface area contributed by atoms with Crippen molar-refractivity contribution < 1.29 is 9.31 Å². The zero-order valence-electron chi connectivity index (χ0n) is 7.79. The van der Waals surface area contributed by atoms with E-state index >= 15 is 0 Å². The number of halogens is 1. The normalized spacial score (nSPS) is 10.1. The van der Waals surface area contributed by atoms with Gasteiger partial charge in [0.25, 0.3) is 5.69 Å². The SMILES string of the molecule is CNCCc1ccc(F)cc1[N+](=O)[O-]. The monoisotopic (exact) mass is 198 g/mol. The Morgan fingerprint density at radius 1 is 1.57 bits per heavy atom. The van der Waals surface area contributed by atoms with E-state index in [-0.39, 0.29) is 5.69 Å². The molecule has 5 heteroatoms. The van der Waals surface area contributed by atoms with Crippen LogP contribution < -0.4 is 5.32 Å². The zero-order valence-corrected chi connectivity index (χ0v) is 7.79. The summed E-state index contributed by atoms with van der Waals surface area (Å²) in [5.41, 5.74) is 0.394. The third-order valence-electron chi connectivity index (χ3n) is 1.89. The van der Waals surface area contributed by atoms with Crippen LogP contribution in [0.15, 0.2) is 18.2 Å². The number of rotatable bonds is 4. The van der Waals surface area contributed by atoms with Gasteiger partial charge in [-0.05, 0) is 32.1 Å². The second kappa shape index (κ2) is 4.66. The topological polar surface area (TPSA) is 55.2 Å². The Bertz CT molecular complexity index is 342. The van der Waals surface area contributed by atoms with Crippen LogP contribution in [0.2, 0.25) is 0 Å². The van der Waals surface area contributed by atoms with E-state index in [1.54, 1.807) is 7.05 Å². The summed E-state index contributed by atoms with van der Waals surface area (Å²) in [6.45, 7) is 0.631. The summed E-state index contributed by atoms with van der Waals surface area (Å²) in [6.07, 6.45) is 0.521. The molecule has 1 aromatic rings. The number of nitrogens with zero attached hydrogens (tertiary/aromatic N) is 1. The molecule has 0 bridgehead atoms. The van der Waals surface area contributed by atoms with Crippen molar-refractivity contribution in [1.29, 1.82) is 0 Å². The number of hydrogen-bond donors (Lipinski definition) is 1. The highest BCUT2D eigenvalue weighted by Crippen LogP contribution is 2.19. The summed E-state index contributed by atoms with van der Waals surface area (Å²) in [7, 11) is 1.76. The molecule has 0 aliphatic carbocycles. The van der Waals surface area contributed by atoms with E-state index in [2.05, 4.69) is 5.32 Å². The largest absolute Gasteiger partial charge is 0.319 e. The second-order valence-corrected chi connectivity index (χ2v) is 2.88. The van der Waals surface area contributed by atoms with Crippen LogP contribution in [0.5, 0.6) is 0 Å². The molecule has 0 spiro atoms. The first-order valence-electron chi connectivity index (χ1n) is 4.22. The lowest BCUT2D eigenvalue weighted by atomic mass is 10.1. The highest BCUT2D eigenvalue weighted by Gasteiger charge is 2.13. The van der Waals surface area contributed by atoms with Gasteiger partial charge in [-0.15, -0.1) is 0 Å². The van der Waals surface area contributed by atoms with Gasteiger partial charge in [-0.25, -0.2) is 4.39 Å². The van der Waals surface area contributed by atoms with Gasteiger partial charge in [-0.3, -0.25) is 10.1 Å². The number of likely N-dealkylation sites (N-methyl/N-ethyl adjacent to an activating group) is 1. The van der Waals surface area contributed by atoms with Crippen molar-refractivity contribution in [1.82, 2.24) is 5.32 Å². The molecule has 0 unspecified atom stereocenters. The van der Waals surface area contributed by atoms with E-state index in [0.717, 1.165) is 6.07 Å². The predicted molar refractivity (Wildman–Crippen MR) is 50.7 cm³/mol. The van der Waals surface area contributed by atoms with Crippen LogP contribution in [0.4, 0.5) is 10.1 Å². The third-order valence-corrected chi connectivity index (χ3v) is 1.89. The quantitative estimate of drug-likeness (QED) is 0.589. The molecule has 0 saturated heterocycles. The Hall–Kier alpha value is -1.49. The smallest absolute Gasteiger partial charge is 0.275 e. The van der Waals surface area contributed by atoms with Gasteiger partial charge in [0, 0.05) is 5.56 Å². The Morgan fingerprint density at radius 2 is 2.29 bits per heavy atom. The van der Waals surface area contributed by atoms with Gasteiger partial charge < -0.3 is 5.32 Å². The standard InChI is InChI=1S/C9H11FN2O2/c1-11-5-4-7-2-3-8(10)6-9(7)12(13)14/h2-3,6,11H,4-5H2,1H3. The maximum absolute atomic E-state index is 12.7. The molecule has 0 radical (unpaired) electrons. The molecular weight excluding hydrogens is 187 g/mol. The molecule has 76 valence electrons. The maximum Gasteiger partial charge on any atom is 0.275 e. The van der Waals surface area contributed by atoms with Crippen LogP contribution in [0.3, 0.4) is 0 Å². The Morgan fingerprint density at radius 3 is 2.86 bits per heavy atom. The van der Waals surface area contributed by atoms with Crippen LogP contribution in [0.1, 0.15) is 5.56 Å². The van der Waals surface area contributed by atoms with Crippen molar-refractivity contribution in [3.05, 3.63) is 39.7 Å². The molecule has 0 saturated carbocycles. The Kier molecular flexibility index (Phi) is 3.53. The highest BCUT2D eigenvalue weighted by atomic mass is 19.1. The van der Waals surface area contributed by atoms with E-state index < -0.39 is 10.7 Å². The van der Waals surface area contributed by atoms with Crippen LogP contribution in [-0.4, -0.2) is 18.5 Å². The summed E-state index contributed by atoms with van der Waals surface area (Å²) in [6, 6.07) is 3.63. The number of nitro benzene ring substituents is 1. The fourth-order valence-corrected chi connectivity index (χ4v) is 1.18. The molecule has 0 aliphatic heterocycles. The molecule has 14 heavy (non-hydrogen) atoms. The van der Waals surface area contributed by atoms with E-state index in [1.165, 1.54) is 12.1 Å². The molecular formula is C9H11FN2O2. The number of nitro groups is 1. The van der Waals surface area contributed by atoms with Crippen LogP contribution in [0, 0.1) is 15.9 Å². The van der Waals surface area contributed by atoms with Gasteiger partial charge in [-0.1, -0.05) is 0 Å². The molecule has 1 N–H and O–H groups in total. The van der Waals surface area contributed by atoms with Gasteiger partial charge in [0.1, 0.15) is 5.82 Å². The second-order valence-electron chi connectivity index (χ2n) is 2.88. The Balaban J connectivity index is 2.96. The molecule has 0 atom stereocenters. The molecule has 0 amide bonds. The lowest BCUT2D eigenvalue weighted by Gasteiger charge is -2.02. The van der Waals surface area contributed by atoms with E-state index in [1.807, 2.05) is 0 Å². The predicted octanol–water partition coefficient (Wildman–Crippen LogP) is 1.50. The fourth-order valence-electron chi connectivity index (χ4n) is 1.18. The maximum atomic E-state index is 12.7. The van der Waals surface area contributed by atoms with Crippen molar-refractivity contribution in [2.45, 2.75) is 6.42 Å². The molecule has 1 aromatic carbocycles. The first-order valence-corrected chi connectivity index (χ1v) is 4.22. The highest BCUT2D eigenvalue weighted by molar-refractivity contribution is 5.40. The first-order chi connectivity index (χ1) is 6.65. The lowest BCUT2D eigenvalue weighted by Crippen LogP contribution is -2.11. The molecule has 0 aliphatic rings.